The van der Waals surface area contributed by atoms with E-state index in [-0.39, 0.29) is 29.8 Å². The van der Waals surface area contributed by atoms with E-state index < -0.39 is 0 Å². The van der Waals surface area contributed by atoms with Gasteiger partial charge >= 0.3 is 0 Å². The van der Waals surface area contributed by atoms with Crippen LogP contribution in [-0.2, 0) is 40.1 Å². The van der Waals surface area contributed by atoms with Crippen molar-refractivity contribution in [2.45, 2.75) is 104 Å². The molecule has 0 saturated heterocycles. The second kappa shape index (κ2) is 17.8. The Kier molecular flexibility index (Phi) is 13.9. The number of pyridine rings is 1. The van der Waals surface area contributed by atoms with Crippen molar-refractivity contribution in [1.82, 2.24) is 20.9 Å². The minimum atomic E-state index is 0.0453. The number of aryl methyl sites for hydroxylation is 3. The Hall–Kier alpha value is -4.00. The highest BCUT2D eigenvalue weighted by Crippen LogP contribution is 2.29. The lowest BCUT2D eigenvalue weighted by atomic mass is 9.88. The SMILES string of the molecule is CC(=O)NC(C)CCCc1cccnc1.CC(=O)NC1CCCc2ccccc21.CC(=O)NC1CCc2ccccc2C1. The van der Waals surface area contributed by atoms with Gasteiger partial charge in [0.15, 0.2) is 0 Å². The molecule has 230 valence electrons. The van der Waals surface area contributed by atoms with E-state index in [2.05, 4.69) is 69.5 Å². The molecule has 3 N–H and O–H groups in total. The molecule has 2 aliphatic carbocycles. The van der Waals surface area contributed by atoms with Crippen LogP contribution in [0, 0.1) is 0 Å². The first kappa shape index (κ1) is 33.5. The van der Waals surface area contributed by atoms with Crippen molar-refractivity contribution in [3.05, 3.63) is 101 Å². The minimum absolute atomic E-state index is 0.0453. The second-order valence-electron chi connectivity index (χ2n) is 11.6. The average molecular weight is 585 g/mol. The fourth-order valence-corrected chi connectivity index (χ4v) is 5.84. The Labute approximate surface area is 257 Å². The first-order valence-corrected chi connectivity index (χ1v) is 15.6. The lowest BCUT2D eigenvalue weighted by Crippen LogP contribution is -2.37. The Bertz CT molecular complexity index is 1310. The highest BCUT2D eigenvalue weighted by atomic mass is 16.2. The van der Waals surface area contributed by atoms with Gasteiger partial charge in [0.2, 0.25) is 17.7 Å². The molecule has 1 aromatic heterocycles. The average Bonchev–Trinajstić information content (AvgIpc) is 2.98. The van der Waals surface area contributed by atoms with Crippen LogP contribution in [0.2, 0.25) is 0 Å². The summed E-state index contributed by atoms with van der Waals surface area (Å²) in [6, 6.07) is 21.7. The third-order valence-electron chi connectivity index (χ3n) is 7.78. The Morgan fingerprint density at radius 2 is 1.51 bits per heavy atom. The predicted molar refractivity (Wildman–Crippen MR) is 172 cm³/mol. The molecule has 2 aliphatic rings. The van der Waals surface area contributed by atoms with E-state index in [1.165, 1.54) is 34.2 Å². The fraction of sp³-hybridized carbons (Fsp3) is 0.444. The molecule has 43 heavy (non-hydrogen) atoms. The van der Waals surface area contributed by atoms with Gasteiger partial charge < -0.3 is 16.0 Å². The van der Waals surface area contributed by atoms with Crippen LogP contribution in [0.1, 0.15) is 93.7 Å². The summed E-state index contributed by atoms with van der Waals surface area (Å²) in [5.74, 6) is 0.185. The number of nitrogens with zero attached hydrogens (tertiary/aromatic N) is 1. The lowest BCUT2D eigenvalue weighted by molar-refractivity contribution is -0.120. The summed E-state index contributed by atoms with van der Waals surface area (Å²) >= 11 is 0. The molecule has 0 aliphatic heterocycles. The van der Waals surface area contributed by atoms with Crippen molar-refractivity contribution >= 4 is 17.7 Å². The molecule has 0 radical (unpaired) electrons. The number of nitrogens with one attached hydrogen (secondary N) is 3. The summed E-state index contributed by atoms with van der Waals surface area (Å²) in [4.78, 5) is 36.8. The quantitative estimate of drug-likeness (QED) is 0.326. The monoisotopic (exact) mass is 584 g/mol. The van der Waals surface area contributed by atoms with E-state index in [1.54, 1.807) is 27.0 Å². The van der Waals surface area contributed by atoms with Crippen LogP contribution in [0.15, 0.2) is 73.1 Å². The smallest absolute Gasteiger partial charge is 0.217 e. The molecule has 3 atom stereocenters. The summed E-state index contributed by atoms with van der Waals surface area (Å²) in [6.07, 6.45) is 13.3. The number of rotatable bonds is 7. The molecule has 3 unspecified atom stereocenters. The molecule has 3 aromatic rings. The van der Waals surface area contributed by atoms with Crippen molar-refractivity contribution in [3.8, 4) is 0 Å². The summed E-state index contributed by atoms with van der Waals surface area (Å²) in [7, 11) is 0. The van der Waals surface area contributed by atoms with Crippen LogP contribution >= 0.6 is 0 Å². The highest BCUT2D eigenvalue weighted by molar-refractivity contribution is 5.74. The zero-order valence-corrected chi connectivity index (χ0v) is 26.2. The molecule has 7 nitrogen and oxygen atoms in total. The third-order valence-corrected chi connectivity index (χ3v) is 7.78. The first-order valence-electron chi connectivity index (χ1n) is 15.6. The van der Waals surface area contributed by atoms with Crippen molar-refractivity contribution in [3.63, 3.8) is 0 Å². The van der Waals surface area contributed by atoms with Gasteiger partial charge in [-0.1, -0.05) is 54.6 Å². The Morgan fingerprint density at radius 1 is 0.814 bits per heavy atom. The topological polar surface area (TPSA) is 100 Å². The fourth-order valence-electron chi connectivity index (χ4n) is 5.84. The zero-order valence-electron chi connectivity index (χ0n) is 26.2. The lowest BCUT2D eigenvalue weighted by Gasteiger charge is -2.25. The van der Waals surface area contributed by atoms with E-state index in [1.807, 2.05) is 25.3 Å². The summed E-state index contributed by atoms with van der Waals surface area (Å²) in [5.41, 5.74) is 6.77. The summed E-state index contributed by atoms with van der Waals surface area (Å²) in [6.45, 7) is 6.75. The first-order chi connectivity index (χ1) is 20.7. The van der Waals surface area contributed by atoms with Crippen molar-refractivity contribution in [2.24, 2.45) is 0 Å². The zero-order chi connectivity index (χ0) is 31.0. The number of fused-ring (bicyclic) bond motifs is 2. The predicted octanol–water partition coefficient (Wildman–Crippen LogP) is 5.81. The van der Waals surface area contributed by atoms with E-state index in [0.717, 1.165) is 51.4 Å². The van der Waals surface area contributed by atoms with Crippen LogP contribution in [0.4, 0.5) is 0 Å². The molecule has 0 fully saturated rings. The van der Waals surface area contributed by atoms with Crippen molar-refractivity contribution in [1.29, 1.82) is 0 Å². The molecule has 5 rings (SSSR count). The number of benzene rings is 2. The molecule has 7 heteroatoms. The van der Waals surface area contributed by atoms with Crippen molar-refractivity contribution in [2.75, 3.05) is 0 Å². The molecule has 3 amide bonds. The van der Waals surface area contributed by atoms with Gasteiger partial charge in [-0.25, -0.2) is 0 Å². The van der Waals surface area contributed by atoms with Crippen LogP contribution in [-0.4, -0.2) is 34.8 Å². The minimum Gasteiger partial charge on any atom is -0.354 e. The van der Waals surface area contributed by atoms with E-state index in [4.69, 9.17) is 0 Å². The van der Waals surface area contributed by atoms with Crippen LogP contribution in [0.3, 0.4) is 0 Å². The normalized spacial score (nSPS) is 17.2. The van der Waals surface area contributed by atoms with Gasteiger partial charge in [0.1, 0.15) is 0 Å². The number of amides is 3. The van der Waals surface area contributed by atoms with Crippen LogP contribution in [0.5, 0.6) is 0 Å². The molecule has 1 heterocycles. The van der Waals surface area contributed by atoms with E-state index in [0.29, 0.717) is 6.04 Å². The maximum Gasteiger partial charge on any atom is 0.217 e. The van der Waals surface area contributed by atoms with Gasteiger partial charge in [-0.15, -0.1) is 0 Å². The van der Waals surface area contributed by atoms with E-state index >= 15 is 0 Å². The number of hydrogen-bond donors (Lipinski definition) is 3. The molecule has 0 saturated carbocycles. The second-order valence-corrected chi connectivity index (χ2v) is 11.6. The largest absolute Gasteiger partial charge is 0.354 e. The van der Waals surface area contributed by atoms with Crippen LogP contribution in [0.25, 0.3) is 0 Å². The number of carbonyl (C=O) groups excluding carboxylic acids is 3. The molecular weight excluding hydrogens is 536 g/mol. The third kappa shape index (κ3) is 12.4. The molecule has 0 bridgehead atoms. The maximum absolute atomic E-state index is 11.0. The van der Waals surface area contributed by atoms with Gasteiger partial charge in [0.05, 0.1) is 6.04 Å². The van der Waals surface area contributed by atoms with Gasteiger partial charge in [-0.3, -0.25) is 19.4 Å². The summed E-state index contributed by atoms with van der Waals surface area (Å²) in [5, 5.41) is 8.86. The van der Waals surface area contributed by atoms with Crippen LogP contribution < -0.4 is 16.0 Å². The molecular formula is C36H48N4O3. The van der Waals surface area contributed by atoms with Gasteiger partial charge in [0.25, 0.3) is 0 Å². The number of carbonyl (C=O) groups is 3. The van der Waals surface area contributed by atoms with Gasteiger partial charge in [0, 0.05) is 45.2 Å². The van der Waals surface area contributed by atoms with Gasteiger partial charge in [-0.05, 0) is 98.6 Å². The number of hydrogen-bond acceptors (Lipinski definition) is 4. The highest BCUT2D eigenvalue weighted by Gasteiger charge is 2.20. The molecule has 2 aromatic carbocycles. The standard InChI is InChI=1S/C12H18N2O.2C12H15NO/c1-10(14-11(2)15)5-3-6-12-7-4-8-13-9-12;1-9(14)13-12-8-4-6-10-5-2-3-7-11(10)12;1-9(14)13-12-7-6-10-4-2-3-5-11(10)8-12/h4,7-10H,3,5-6H2,1-2H3,(H,14,15);2-3,5,7,12H,4,6,8H2,1H3,(H,13,14);2-5,12H,6-8H2,1H3,(H,13,14). The number of aromatic nitrogens is 1. The van der Waals surface area contributed by atoms with Gasteiger partial charge in [-0.2, -0.15) is 0 Å². The Balaban J connectivity index is 0.000000177. The Morgan fingerprint density at radius 3 is 2.19 bits per heavy atom. The maximum atomic E-state index is 11.0. The molecule has 0 spiro atoms. The van der Waals surface area contributed by atoms with Crippen molar-refractivity contribution < 1.29 is 14.4 Å². The summed E-state index contributed by atoms with van der Waals surface area (Å²) < 4.78 is 0. The van der Waals surface area contributed by atoms with E-state index in [9.17, 15) is 14.4 Å².